The third-order valence-corrected chi connectivity index (χ3v) is 9.29. The zero-order valence-corrected chi connectivity index (χ0v) is 19.0. The minimum atomic E-state index is -4.05. The number of fused-ring (bicyclic) bond motifs is 1. The number of carbonyl (C=O) groups is 1. The first kappa shape index (κ1) is 21.6. The van der Waals surface area contributed by atoms with Gasteiger partial charge in [0.2, 0.25) is 10.0 Å². The normalized spacial score (nSPS) is 17.9. The average molecular weight is 460 g/mol. The lowest BCUT2D eigenvalue weighted by atomic mass is 9.97. The van der Waals surface area contributed by atoms with E-state index < -0.39 is 20.7 Å². The Morgan fingerprint density at radius 3 is 1.88 bits per heavy atom. The highest BCUT2D eigenvalue weighted by Crippen LogP contribution is 2.39. The summed E-state index contributed by atoms with van der Waals surface area (Å²) in [6.45, 7) is 0.462. The van der Waals surface area contributed by atoms with Crippen LogP contribution in [-0.4, -0.2) is 41.6 Å². The summed E-state index contributed by atoms with van der Waals surface area (Å²) in [6.07, 6.45) is 2.48. The van der Waals surface area contributed by atoms with E-state index in [1.165, 1.54) is 4.31 Å². The monoisotopic (exact) mass is 459 g/mol. The van der Waals surface area contributed by atoms with Gasteiger partial charge in [-0.25, -0.2) is 8.42 Å². The van der Waals surface area contributed by atoms with Crippen molar-refractivity contribution in [2.75, 3.05) is 13.1 Å². The SMILES string of the molecule is O=C(O)C1(S(=O)(=O)N2CC=C(c3ccc(-c4ccccc4)cc3)CC2)Cc2ccccc2C1. The van der Waals surface area contributed by atoms with E-state index in [4.69, 9.17) is 0 Å². The van der Waals surface area contributed by atoms with Crippen molar-refractivity contribution in [3.05, 3.63) is 102 Å². The quantitative estimate of drug-likeness (QED) is 0.614. The van der Waals surface area contributed by atoms with E-state index in [9.17, 15) is 18.3 Å². The molecule has 1 N–H and O–H groups in total. The van der Waals surface area contributed by atoms with E-state index in [1.54, 1.807) is 0 Å². The van der Waals surface area contributed by atoms with Crippen molar-refractivity contribution >= 4 is 21.6 Å². The molecule has 168 valence electrons. The first-order valence-corrected chi connectivity index (χ1v) is 12.5. The molecule has 5 nitrogen and oxygen atoms in total. The Labute approximate surface area is 194 Å². The van der Waals surface area contributed by atoms with E-state index in [-0.39, 0.29) is 25.9 Å². The first-order chi connectivity index (χ1) is 15.9. The molecule has 0 bridgehead atoms. The van der Waals surface area contributed by atoms with Gasteiger partial charge in [0.05, 0.1) is 0 Å². The van der Waals surface area contributed by atoms with Crippen LogP contribution in [0, 0.1) is 0 Å². The molecule has 33 heavy (non-hydrogen) atoms. The van der Waals surface area contributed by atoms with Crippen LogP contribution in [0.3, 0.4) is 0 Å². The number of rotatable bonds is 5. The van der Waals surface area contributed by atoms with Gasteiger partial charge in [-0.3, -0.25) is 4.79 Å². The van der Waals surface area contributed by atoms with Crippen molar-refractivity contribution in [2.24, 2.45) is 0 Å². The Hall–Kier alpha value is -3.22. The highest BCUT2D eigenvalue weighted by molar-refractivity contribution is 7.91. The molecule has 3 aromatic rings. The molecule has 0 amide bonds. The predicted molar refractivity (Wildman–Crippen MR) is 129 cm³/mol. The van der Waals surface area contributed by atoms with Crippen molar-refractivity contribution < 1.29 is 18.3 Å². The number of aliphatic carboxylic acids is 1. The molecule has 0 spiro atoms. The van der Waals surface area contributed by atoms with Crippen LogP contribution >= 0.6 is 0 Å². The molecule has 1 aliphatic heterocycles. The van der Waals surface area contributed by atoms with Gasteiger partial charge in [0, 0.05) is 25.9 Å². The minimum Gasteiger partial charge on any atom is -0.480 e. The van der Waals surface area contributed by atoms with Gasteiger partial charge in [-0.15, -0.1) is 0 Å². The Bertz CT molecular complexity index is 1300. The molecule has 0 atom stereocenters. The lowest BCUT2D eigenvalue weighted by molar-refractivity contribution is -0.140. The summed E-state index contributed by atoms with van der Waals surface area (Å²) in [7, 11) is -4.05. The van der Waals surface area contributed by atoms with Crippen molar-refractivity contribution in [1.82, 2.24) is 4.31 Å². The smallest absolute Gasteiger partial charge is 0.327 e. The van der Waals surface area contributed by atoms with Crippen molar-refractivity contribution in [1.29, 1.82) is 0 Å². The lowest BCUT2D eigenvalue weighted by Crippen LogP contribution is -2.55. The fourth-order valence-corrected chi connectivity index (χ4v) is 6.90. The second-order valence-electron chi connectivity index (χ2n) is 8.71. The van der Waals surface area contributed by atoms with Crippen LogP contribution in [0.5, 0.6) is 0 Å². The summed E-state index contributed by atoms with van der Waals surface area (Å²) in [5.74, 6) is -1.27. The molecule has 2 aliphatic rings. The largest absolute Gasteiger partial charge is 0.480 e. The Balaban J connectivity index is 1.36. The van der Waals surface area contributed by atoms with Crippen molar-refractivity contribution in [3.63, 3.8) is 0 Å². The van der Waals surface area contributed by atoms with Crippen LogP contribution < -0.4 is 0 Å². The van der Waals surface area contributed by atoms with E-state index in [0.29, 0.717) is 6.42 Å². The summed E-state index contributed by atoms with van der Waals surface area (Å²) >= 11 is 0. The second kappa shape index (κ2) is 8.28. The van der Waals surface area contributed by atoms with Crippen molar-refractivity contribution in [3.8, 4) is 11.1 Å². The molecule has 1 aliphatic carbocycles. The van der Waals surface area contributed by atoms with Gasteiger partial charge >= 0.3 is 5.97 Å². The van der Waals surface area contributed by atoms with Crippen LogP contribution in [0.4, 0.5) is 0 Å². The summed E-state index contributed by atoms with van der Waals surface area (Å²) in [4.78, 5) is 12.3. The topological polar surface area (TPSA) is 74.7 Å². The second-order valence-corrected chi connectivity index (χ2v) is 11.0. The van der Waals surface area contributed by atoms with Crippen molar-refractivity contribution in [2.45, 2.75) is 24.0 Å². The molecule has 0 unspecified atom stereocenters. The van der Waals surface area contributed by atoms with E-state index in [2.05, 4.69) is 36.4 Å². The molecule has 0 saturated carbocycles. The molecule has 6 heteroatoms. The molecule has 0 fully saturated rings. The van der Waals surface area contributed by atoms with Gasteiger partial charge in [-0.05, 0) is 39.8 Å². The summed E-state index contributed by atoms with van der Waals surface area (Å²) < 4.78 is 26.7. The number of nitrogens with zero attached hydrogens (tertiary/aromatic N) is 1. The highest BCUT2D eigenvalue weighted by atomic mass is 32.2. The zero-order valence-electron chi connectivity index (χ0n) is 18.1. The van der Waals surface area contributed by atoms with Crippen LogP contribution in [0.25, 0.3) is 16.7 Å². The summed E-state index contributed by atoms with van der Waals surface area (Å²) in [5, 5.41) is 10.0. The maximum absolute atomic E-state index is 13.6. The minimum absolute atomic E-state index is 0.00879. The third-order valence-electron chi connectivity index (χ3n) is 6.83. The number of carboxylic acid groups (broad SMARTS) is 1. The van der Waals surface area contributed by atoms with Crippen LogP contribution in [0.1, 0.15) is 23.1 Å². The maximum atomic E-state index is 13.6. The molecule has 1 heterocycles. The molecule has 3 aromatic carbocycles. The fraction of sp³-hybridized carbons (Fsp3) is 0.222. The number of carboxylic acids is 1. The van der Waals surface area contributed by atoms with Gasteiger partial charge in [0.1, 0.15) is 0 Å². The predicted octanol–water partition coefficient (Wildman–Crippen LogP) is 4.39. The number of benzene rings is 3. The number of sulfonamides is 1. The molecule has 0 radical (unpaired) electrons. The first-order valence-electron chi connectivity index (χ1n) is 11.1. The fourth-order valence-electron chi connectivity index (χ4n) is 4.91. The average Bonchev–Trinajstić information content (AvgIpc) is 3.27. The molecular weight excluding hydrogens is 434 g/mol. The lowest BCUT2D eigenvalue weighted by Gasteiger charge is -2.33. The summed E-state index contributed by atoms with van der Waals surface area (Å²) in [5.41, 5.74) is 6.03. The third kappa shape index (κ3) is 3.69. The summed E-state index contributed by atoms with van der Waals surface area (Å²) in [6, 6.07) is 25.7. The maximum Gasteiger partial charge on any atom is 0.327 e. The molecular formula is C27H25NO4S. The standard InChI is InChI=1S/C27H25NO4S/c29-26(30)27(18-24-8-4-5-9-25(24)19-27)33(31,32)28-16-14-23(15-17-28)22-12-10-21(11-13-22)20-6-2-1-3-7-20/h1-14H,15-19H2,(H,29,30). The Morgan fingerprint density at radius 1 is 0.788 bits per heavy atom. The Kier molecular flexibility index (Phi) is 5.43. The van der Waals surface area contributed by atoms with E-state index in [1.807, 2.05) is 48.5 Å². The van der Waals surface area contributed by atoms with E-state index in [0.717, 1.165) is 33.4 Å². The van der Waals surface area contributed by atoms with Crippen LogP contribution in [0.2, 0.25) is 0 Å². The van der Waals surface area contributed by atoms with Gasteiger partial charge in [-0.2, -0.15) is 4.31 Å². The van der Waals surface area contributed by atoms with Gasteiger partial charge in [0.25, 0.3) is 0 Å². The zero-order chi connectivity index (χ0) is 23.1. The number of hydrogen-bond acceptors (Lipinski definition) is 3. The Morgan fingerprint density at radius 2 is 1.33 bits per heavy atom. The van der Waals surface area contributed by atoms with Gasteiger partial charge < -0.3 is 5.11 Å². The van der Waals surface area contributed by atoms with Crippen LogP contribution in [0.15, 0.2) is 84.9 Å². The van der Waals surface area contributed by atoms with E-state index >= 15 is 0 Å². The van der Waals surface area contributed by atoms with Crippen LogP contribution in [-0.2, 0) is 27.7 Å². The highest BCUT2D eigenvalue weighted by Gasteiger charge is 2.57. The molecule has 0 saturated heterocycles. The van der Waals surface area contributed by atoms with Gasteiger partial charge in [0.15, 0.2) is 4.75 Å². The van der Waals surface area contributed by atoms with Gasteiger partial charge in [-0.1, -0.05) is 84.9 Å². The molecule has 0 aromatic heterocycles. The molecule has 5 rings (SSSR count). The number of hydrogen-bond donors (Lipinski definition) is 1.